The molecule has 7 heteroatoms. The van der Waals surface area contributed by atoms with Crippen LogP contribution in [0, 0.1) is 0 Å². The van der Waals surface area contributed by atoms with Crippen molar-refractivity contribution in [2.45, 2.75) is 21.3 Å². The van der Waals surface area contributed by atoms with Crippen molar-refractivity contribution < 1.29 is 4.57 Å². The van der Waals surface area contributed by atoms with E-state index in [1.54, 1.807) is 18.0 Å². The number of thioether (sulfide) groups is 2. The normalized spacial score (nSPS) is 19.1. The summed E-state index contributed by atoms with van der Waals surface area (Å²) in [6.45, 7) is 0. The van der Waals surface area contributed by atoms with Crippen molar-refractivity contribution >= 4 is 34.6 Å². The second kappa shape index (κ2) is 6.90. The second-order valence-corrected chi connectivity index (χ2v) is 8.72. The highest BCUT2D eigenvalue weighted by Crippen LogP contribution is 2.39. The van der Waals surface area contributed by atoms with Gasteiger partial charge in [-0.15, -0.1) is 16.9 Å². The van der Waals surface area contributed by atoms with E-state index in [1.807, 2.05) is 23.9 Å². The molecule has 5 nitrogen and oxygen atoms in total. The van der Waals surface area contributed by atoms with E-state index in [-0.39, 0.29) is 11.6 Å². The molecule has 5 rings (SSSR count). The Morgan fingerprint density at radius 3 is 2.59 bits per heavy atom. The van der Waals surface area contributed by atoms with Crippen LogP contribution in [-0.2, 0) is 0 Å². The SMILES string of the molecule is O=c1[nH]c2[n+](c3[nH]ncc13)C(c1ccccc1)C(Sc1ccccc1)CS2. The largest absolute Gasteiger partial charge is 0.320 e. The molecule has 2 unspecified atom stereocenters. The van der Waals surface area contributed by atoms with Crippen molar-refractivity contribution in [3.8, 4) is 0 Å². The van der Waals surface area contributed by atoms with Gasteiger partial charge in [-0.25, -0.2) is 9.55 Å². The summed E-state index contributed by atoms with van der Waals surface area (Å²) in [5.41, 5.74) is 1.90. The van der Waals surface area contributed by atoms with Crippen LogP contribution in [0.25, 0.3) is 11.0 Å². The summed E-state index contributed by atoms with van der Waals surface area (Å²) in [7, 11) is 0. The quantitative estimate of drug-likeness (QED) is 0.414. The predicted molar refractivity (Wildman–Crippen MR) is 108 cm³/mol. The van der Waals surface area contributed by atoms with Crippen LogP contribution in [-0.4, -0.2) is 26.2 Å². The van der Waals surface area contributed by atoms with Gasteiger partial charge in [-0.1, -0.05) is 60.3 Å². The minimum atomic E-state index is -0.0986. The third-order valence-electron chi connectivity index (χ3n) is 4.73. The van der Waals surface area contributed by atoms with E-state index in [1.165, 1.54) is 10.5 Å². The molecule has 1 aliphatic heterocycles. The van der Waals surface area contributed by atoms with Gasteiger partial charge in [-0.3, -0.25) is 4.79 Å². The highest BCUT2D eigenvalue weighted by Gasteiger charge is 2.38. The fraction of sp³-hybridized carbons (Fsp3) is 0.150. The van der Waals surface area contributed by atoms with Crippen molar-refractivity contribution in [3.63, 3.8) is 0 Å². The van der Waals surface area contributed by atoms with E-state index in [9.17, 15) is 4.79 Å². The predicted octanol–water partition coefficient (Wildman–Crippen LogP) is 3.39. The molecule has 0 aliphatic carbocycles. The summed E-state index contributed by atoms with van der Waals surface area (Å²) in [6, 6.07) is 21.0. The molecule has 27 heavy (non-hydrogen) atoms. The van der Waals surface area contributed by atoms with Gasteiger partial charge in [-0.2, -0.15) is 5.10 Å². The summed E-state index contributed by atoms with van der Waals surface area (Å²) in [6.07, 6.45) is 1.60. The molecule has 0 spiro atoms. The lowest BCUT2D eigenvalue weighted by Crippen LogP contribution is -2.53. The highest BCUT2D eigenvalue weighted by atomic mass is 32.2. The summed E-state index contributed by atoms with van der Waals surface area (Å²) in [5.74, 6) is 0.911. The van der Waals surface area contributed by atoms with Gasteiger partial charge in [0.15, 0.2) is 5.39 Å². The first-order valence-corrected chi connectivity index (χ1v) is 10.6. The van der Waals surface area contributed by atoms with Crippen LogP contribution in [0.3, 0.4) is 0 Å². The van der Waals surface area contributed by atoms with Crippen LogP contribution in [0.1, 0.15) is 11.6 Å². The Hall–Kier alpha value is -2.51. The minimum absolute atomic E-state index is 0.0902. The van der Waals surface area contributed by atoms with Crippen molar-refractivity contribution in [2.24, 2.45) is 0 Å². The summed E-state index contributed by atoms with van der Waals surface area (Å²) >= 11 is 3.56. The Bertz CT molecular complexity index is 1140. The van der Waals surface area contributed by atoms with Crippen molar-refractivity contribution in [1.82, 2.24) is 15.2 Å². The number of H-pyrrole nitrogens is 2. The number of benzene rings is 2. The summed E-state index contributed by atoms with van der Waals surface area (Å²) in [4.78, 5) is 16.7. The topological polar surface area (TPSA) is 65.4 Å². The Labute approximate surface area is 164 Å². The smallest absolute Gasteiger partial charge is 0.250 e. The molecular formula is C20H17N4OS2+. The van der Waals surface area contributed by atoms with Crippen LogP contribution < -0.4 is 10.1 Å². The van der Waals surface area contributed by atoms with Gasteiger partial charge in [0.2, 0.25) is 0 Å². The van der Waals surface area contributed by atoms with E-state index < -0.39 is 0 Å². The van der Waals surface area contributed by atoms with Gasteiger partial charge >= 0.3 is 5.56 Å². The molecular weight excluding hydrogens is 376 g/mol. The van der Waals surface area contributed by atoms with E-state index in [0.717, 1.165) is 16.6 Å². The Balaban J connectivity index is 1.69. The number of fused-ring (bicyclic) bond motifs is 3. The maximum Gasteiger partial charge on any atom is 0.320 e. The molecule has 3 heterocycles. The number of rotatable bonds is 3. The molecule has 0 saturated carbocycles. The Morgan fingerprint density at radius 1 is 1.07 bits per heavy atom. The molecule has 2 aromatic heterocycles. The first kappa shape index (κ1) is 16.6. The van der Waals surface area contributed by atoms with Crippen LogP contribution in [0.4, 0.5) is 0 Å². The zero-order valence-corrected chi connectivity index (χ0v) is 16.0. The first-order chi connectivity index (χ1) is 13.3. The molecule has 0 fully saturated rings. The van der Waals surface area contributed by atoms with Crippen LogP contribution in [0.5, 0.6) is 0 Å². The number of aromatic amines is 2. The molecule has 134 valence electrons. The van der Waals surface area contributed by atoms with Gasteiger partial charge in [0.1, 0.15) is 6.04 Å². The fourth-order valence-electron chi connectivity index (χ4n) is 3.53. The summed E-state index contributed by atoms with van der Waals surface area (Å²) in [5, 5.41) is 8.94. The number of nitrogens with zero attached hydrogens (tertiary/aromatic N) is 2. The lowest BCUT2D eigenvalue weighted by Gasteiger charge is -2.31. The first-order valence-electron chi connectivity index (χ1n) is 8.71. The zero-order valence-electron chi connectivity index (χ0n) is 14.3. The van der Waals surface area contributed by atoms with Crippen LogP contribution in [0.2, 0.25) is 0 Å². The summed E-state index contributed by atoms with van der Waals surface area (Å²) < 4.78 is 2.20. The standard InChI is InChI=1S/C20H16N4OS2/c25-19-15-11-21-23-18(15)24-17(13-7-3-1-4-8-13)16(12-26-20(24)22-19)27-14-9-5-2-6-10-14/h1-11,16-17H,12H2,(H,21,23,25)/p+1. The average molecular weight is 394 g/mol. The van der Waals surface area contributed by atoms with Crippen LogP contribution in [0.15, 0.2) is 81.7 Å². The lowest BCUT2D eigenvalue weighted by molar-refractivity contribution is -0.731. The molecule has 0 saturated heterocycles. The van der Waals surface area contributed by atoms with Gasteiger partial charge in [0.05, 0.1) is 11.4 Å². The zero-order chi connectivity index (χ0) is 18.2. The monoisotopic (exact) mass is 393 g/mol. The van der Waals surface area contributed by atoms with E-state index in [2.05, 4.69) is 68.3 Å². The van der Waals surface area contributed by atoms with Crippen LogP contribution >= 0.6 is 23.5 Å². The number of hydrogen-bond acceptors (Lipinski definition) is 4. The average Bonchev–Trinajstić information content (AvgIpc) is 3.20. The molecule has 1 aliphatic rings. The molecule has 0 bridgehead atoms. The maximum absolute atomic E-state index is 12.4. The highest BCUT2D eigenvalue weighted by molar-refractivity contribution is 8.03. The number of aromatic nitrogens is 4. The number of hydrogen-bond donors (Lipinski definition) is 2. The third kappa shape index (κ3) is 2.96. The van der Waals surface area contributed by atoms with Gasteiger partial charge < -0.3 is 0 Å². The third-order valence-corrected chi connectivity index (χ3v) is 7.31. The molecule has 2 atom stereocenters. The van der Waals surface area contributed by atoms with Crippen molar-refractivity contribution in [3.05, 3.63) is 82.8 Å². The van der Waals surface area contributed by atoms with Gasteiger partial charge in [0, 0.05) is 10.6 Å². The van der Waals surface area contributed by atoms with E-state index >= 15 is 0 Å². The lowest BCUT2D eigenvalue weighted by atomic mass is 10.0. The van der Waals surface area contributed by atoms with Crippen molar-refractivity contribution in [1.29, 1.82) is 0 Å². The van der Waals surface area contributed by atoms with Gasteiger partial charge in [-0.05, 0) is 17.7 Å². The molecule has 0 radical (unpaired) electrons. The van der Waals surface area contributed by atoms with Gasteiger partial charge in [0.25, 0.3) is 10.8 Å². The molecule has 2 aromatic carbocycles. The fourth-order valence-corrected chi connectivity index (χ4v) is 6.09. The minimum Gasteiger partial charge on any atom is -0.250 e. The second-order valence-electron chi connectivity index (χ2n) is 6.40. The molecule has 4 aromatic rings. The number of nitrogens with one attached hydrogen (secondary N) is 2. The van der Waals surface area contributed by atoms with Crippen molar-refractivity contribution in [2.75, 3.05) is 5.75 Å². The molecule has 2 N–H and O–H groups in total. The maximum atomic E-state index is 12.4. The van der Waals surface area contributed by atoms with E-state index in [0.29, 0.717) is 10.6 Å². The Kier molecular flexibility index (Phi) is 4.26. The Morgan fingerprint density at radius 2 is 1.81 bits per heavy atom. The van der Waals surface area contributed by atoms with E-state index in [4.69, 9.17) is 0 Å². The molecule has 0 amide bonds.